The first kappa shape index (κ1) is 13.9. The van der Waals surface area contributed by atoms with Gasteiger partial charge in [0.25, 0.3) is 5.91 Å². The fourth-order valence-electron chi connectivity index (χ4n) is 1.81. The number of rotatable bonds is 4. The van der Waals surface area contributed by atoms with Gasteiger partial charge in [-0.2, -0.15) is 0 Å². The van der Waals surface area contributed by atoms with Crippen molar-refractivity contribution in [3.8, 4) is 11.5 Å². The zero-order chi connectivity index (χ0) is 14.5. The molecule has 0 spiro atoms. The van der Waals surface area contributed by atoms with Crippen LogP contribution >= 0.6 is 0 Å². The van der Waals surface area contributed by atoms with Crippen LogP contribution < -0.4 is 10.1 Å². The topological polar surface area (TPSA) is 71.5 Å². The van der Waals surface area contributed by atoms with Crippen molar-refractivity contribution in [1.82, 2.24) is 10.3 Å². The van der Waals surface area contributed by atoms with E-state index in [-0.39, 0.29) is 17.5 Å². The predicted molar refractivity (Wildman–Crippen MR) is 74.8 cm³/mol. The molecule has 1 amide bonds. The maximum Gasteiger partial charge on any atom is 0.274 e. The number of benzene rings is 1. The van der Waals surface area contributed by atoms with Crippen molar-refractivity contribution < 1.29 is 14.6 Å². The van der Waals surface area contributed by atoms with Crippen molar-refractivity contribution in [2.75, 3.05) is 7.11 Å². The van der Waals surface area contributed by atoms with Gasteiger partial charge in [0, 0.05) is 6.20 Å². The molecule has 0 saturated carbocycles. The molecule has 2 aromatic rings. The minimum Gasteiger partial charge on any atom is -0.505 e. The maximum atomic E-state index is 12.0. The van der Waals surface area contributed by atoms with Crippen molar-refractivity contribution in [1.29, 1.82) is 0 Å². The number of ether oxygens (including phenoxy) is 1. The third-order valence-corrected chi connectivity index (χ3v) is 2.96. The summed E-state index contributed by atoms with van der Waals surface area (Å²) < 4.78 is 5.08. The van der Waals surface area contributed by atoms with Gasteiger partial charge in [-0.1, -0.05) is 12.1 Å². The highest BCUT2D eigenvalue weighted by atomic mass is 16.5. The van der Waals surface area contributed by atoms with Crippen LogP contribution in [0, 0.1) is 0 Å². The Labute approximate surface area is 117 Å². The molecule has 0 radical (unpaired) electrons. The Morgan fingerprint density at radius 3 is 2.60 bits per heavy atom. The lowest BCUT2D eigenvalue weighted by molar-refractivity contribution is 0.0932. The third-order valence-electron chi connectivity index (χ3n) is 2.96. The Hall–Kier alpha value is -2.56. The largest absolute Gasteiger partial charge is 0.505 e. The summed E-state index contributed by atoms with van der Waals surface area (Å²) in [5.41, 5.74) is 0.961. The quantitative estimate of drug-likeness (QED) is 0.895. The fraction of sp³-hybridized carbons (Fsp3) is 0.200. The Morgan fingerprint density at radius 2 is 2.00 bits per heavy atom. The highest BCUT2D eigenvalue weighted by Gasteiger charge is 2.15. The van der Waals surface area contributed by atoms with E-state index in [4.69, 9.17) is 4.74 Å². The van der Waals surface area contributed by atoms with Crippen molar-refractivity contribution >= 4 is 5.91 Å². The number of pyridine rings is 1. The molecule has 0 saturated heterocycles. The van der Waals surface area contributed by atoms with Gasteiger partial charge in [-0.05, 0) is 36.8 Å². The van der Waals surface area contributed by atoms with Crippen LogP contribution in [-0.4, -0.2) is 23.1 Å². The average molecular weight is 272 g/mol. The molecule has 0 aliphatic carbocycles. The summed E-state index contributed by atoms with van der Waals surface area (Å²) in [6, 6.07) is 10.2. The second kappa shape index (κ2) is 6.06. The van der Waals surface area contributed by atoms with E-state index in [1.165, 1.54) is 12.3 Å². The first-order valence-electron chi connectivity index (χ1n) is 6.20. The first-order chi connectivity index (χ1) is 9.61. The van der Waals surface area contributed by atoms with Crippen LogP contribution in [0.15, 0.2) is 42.6 Å². The molecule has 1 heterocycles. The lowest BCUT2D eigenvalue weighted by Gasteiger charge is -2.14. The number of hydrogen-bond acceptors (Lipinski definition) is 4. The highest BCUT2D eigenvalue weighted by molar-refractivity contribution is 5.94. The molecule has 104 valence electrons. The normalized spacial score (nSPS) is 11.7. The predicted octanol–water partition coefficient (Wildman–Crippen LogP) is 2.29. The van der Waals surface area contributed by atoms with Crippen molar-refractivity contribution in [2.45, 2.75) is 13.0 Å². The zero-order valence-electron chi connectivity index (χ0n) is 11.3. The van der Waals surface area contributed by atoms with Gasteiger partial charge >= 0.3 is 0 Å². The van der Waals surface area contributed by atoms with Crippen molar-refractivity contribution in [2.24, 2.45) is 0 Å². The third kappa shape index (κ3) is 3.06. The van der Waals surface area contributed by atoms with Gasteiger partial charge in [0.1, 0.15) is 11.5 Å². The van der Waals surface area contributed by atoms with Gasteiger partial charge in [0.2, 0.25) is 0 Å². The molecule has 5 heteroatoms. The summed E-state index contributed by atoms with van der Waals surface area (Å²) in [7, 11) is 1.60. The Kier molecular flexibility index (Phi) is 4.20. The van der Waals surface area contributed by atoms with Gasteiger partial charge in [0.05, 0.1) is 13.2 Å². The van der Waals surface area contributed by atoms with Crippen LogP contribution in [0.25, 0.3) is 0 Å². The molecule has 0 fully saturated rings. The van der Waals surface area contributed by atoms with Crippen LogP contribution in [-0.2, 0) is 0 Å². The molecule has 1 atom stereocenters. The molecule has 0 aliphatic heterocycles. The number of hydrogen-bond donors (Lipinski definition) is 2. The molecule has 1 aromatic heterocycles. The Bertz CT molecular complexity index is 596. The molecule has 1 unspecified atom stereocenters. The van der Waals surface area contributed by atoms with Crippen LogP contribution in [0.1, 0.15) is 29.0 Å². The highest BCUT2D eigenvalue weighted by Crippen LogP contribution is 2.19. The summed E-state index contributed by atoms with van der Waals surface area (Å²) in [5, 5.41) is 12.4. The van der Waals surface area contributed by atoms with Crippen LogP contribution in [0.4, 0.5) is 0 Å². The van der Waals surface area contributed by atoms with Crippen molar-refractivity contribution in [3.63, 3.8) is 0 Å². The van der Waals surface area contributed by atoms with E-state index in [9.17, 15) is 9.90 Å². The number of carbonyl (C=O) groups excluding carboxylic acids is 1. The Balaban J connectivity index is 2.09. The van der Waals surface area contributed by atoms with E-state index in [2.05, 4.69) is 10.3 Å². The van der Waals surface area contributed by atoms with Gasteiger partial charge < -0.3 is 15.2 Å². The minimum absolute atomic E-state index is 0.0212. The summed E-state index contributed by atoms with van der Waals surface area (Å²) in [6.07, 6.45) is 1.46. The number of aromatic nitrogens is 1. The number of nitrogens with one attached hydrogen (secondary N) is 1. The summed E-state index contributed by atoms with van der Waals surface area (Å²) in [4.78, 5) is 15.9. The summed E-state index contributed by atoms with van der Waals surface area (Å²) >= 11 is 0. The number of nitrogens with zero attached hydrogens (tertiary/aromatic N) is 1. The standard InChI is InChI=1S/C15H16N2O3/c1-10(11-5-7-12(20-2)8-6-11)17-15(19)14-13(18)4-3-9-16-14/h3-10,18H,1-2H3,(H,17,19). The van der Waals surface area contributed by atoms with Crippen LogP contribution in [0.2, 0.25) is 0 Å². The smallest absolute Gasteiger partial charge is 0.274 e. The number of carbonyl (C=O) groups is 1. The lowest BCUT2D eigenvalue weighted by Crippen LogP contribution is -2.27. The first-order valence-corrected chi connectivity index (χ1v) is 6.20. The second-order valence-electron chi connectivity index (χ2n) is 4.34. The van der Waals surface area contributed by atoms with Gasteiger partial charge in [-0.15, -0.1) is 0 Å². The maximum absolute atomic E-state index is 12.0. The van der Waals surface area contributed by atoms with E-state index >= 15 is 0 Å². The molecule has 5 nitrogen and oxygen atoms in total. The van der Waals surface area contributed by atoms with Gasteiger partial charge in [-0.3, -0.25) is 4.79 Å². The summed E-state index contributed by atoms with van der Waals surface area (Å²) in [5.74, 6) is 0.216. The van der Waals surface area contributed by atoms with E-state index < -0.39 is 5.91 Å². The number of amides is 1. The monoisotopic (exact) mass is 272 g/mol. The lowest BCUT2D eigenvalue weighted by atomic mass is 10.1. The van der Waals surface area contributed by atoms with Gasteiger partial charge in [0.15, 0.2) is 5.69 Å². The second-order valence-corrected chi connectivity index (χ2v) is 4.34. The van der Waals surface area contributed by atoms with Crippen LogP contribution in [0.3, 0.4) is 0 Å². The molecule has 0 bridgehead atoms. The number of methoxy groups -OCH3 is 1. The molecule has 20 heavy (non-hydrogen) atoms. The molecule has 2 rings (SSSR count). The molecular formula is C15H16N2O3. The SMILES string of the molecule is COc1ccc(C(C)NC(=O)c2ncccc2O)cc1. The fourth-order valence-corrected chi connectivity index (χ4v) is 1.81. The van der Waals surface area contributed by atoms with E-state index in [1.54, 1.807) is 13.2 Å². The van der Waals surface area contributed by atoms with Crippen LogP contribution in [0.5, 0.6) is 11.5 Å². The van der Waals surface area contributed by atoms with E-state index in [0.29, 0.717) is 0 Å². The molecule has 2 N–H and O–H groups in total. The average Bonchev–Trinajstić information content (AvgIpc) is 2.47. The van der Waals surface area contributed by atoms with E-state index in [1.807, 2.05) is 31.2 Å². The van der Waals surface area contributed by atoms with Crippen molar-refractivity contribution in [3.05, 3.63) is 53.9 Å². The van der Waals surface area contributed by atoms with Gasteiger partial charge in [-0.25, -0.2) is 4.98 Å². The molecule has 0 aliphatic rings. The zero-order valence-corrected chi connectivity index (χ0v) is 11.3. The molecular weight excluding hydrogens is 256 g/mol. The minimum atomic E-state index is -0.411. The summed E-state index contributed by atoms with van der Waals surface area (Å²) in [6.45, 7) is 1.86. The molecule has 1 aromatic carbocycles. The van der Waals surface area contributed by atoms with E-state index in [0.717, 1.165) is 11.3 Å². The Morgan fingerprint density at radius 1 is 1.30 bits per heavy atom. The number of aromatic hydroxyl groups is 1.